The number of carbonyl (C=O) groups excluding carboxylic acids is 1. The molecule has 1 saturated carbocycles. The van der Waals surface area contributed by atoms with Crippen molar-refractivity contribution in [2.45, 2.75) is 44.1 Å². The van der Waals surface area contributed by atoms with Crippen LogP contribution < -0.4 is 5.32 Å². The van der Waals surface area contributed by atoms with E-state index < -0.39 is 6.10 Å². The van der Waals surface area contributed by atoms with Gasteiger partial charge in [0.15, 0.2) is 0 Å². The number of hydrogen-bond acceptors (Lipinski definition) is 4. The molecular weight excluding hydrogens is 332 g/mol. The molecule has 25 heavy (non-hydrogen) atoms. The Morgan fingerprint density at radius 1 is 1.36 bits per heavy atom. The van der Waals surface area contributed by atoms with Gasteiger partial charge >= 0.3 is 0 Å². The van der Waals surface area contributed by atoms with Gasteiger partial charge < -0.3 is 10.4 Å². The lowest BCUT2D eigenvalue weighted by Crippen LogP contribution is -2.38. The van der Waals surface area contributed by atoms with Crippen LogP contribution in [0.4, 0.5) is 0 Å². The molecule has 1 aromatic carbocycles. The van der Waals surface area contributed by atoms with E-state index in [1.165, 1.54) is 4.88 Å². The molecule has 1 fully saturated rings. The second-order valence-electron chi connectivity index (χ2n) is 6.74. The molecule has 1 heterocycles. The quantitative estimate of drug-likeness (QED) is 0.855. The summed E-state index contributed by atoms with van der Waals surface area (Å²) in [4.78, 5) is 14.7. The highest BCUT2D eigenvalue weighted by atomic mass is 32.1. The number of nitriles is 1. The summed E-state index contributed by atoms with van der Waals surface area (Å²) in [7, 11) is 0. The van der Waals surface area contributed by atoms with Crippen molar-refractivity contribution in [3.63, 3.8) is 0 Å². The van der Waals surface area contributed by atoms with Gasteiger partial charge in [0.1, 0.15) is 0 Å². The van der Waals surface area contributed by atoms with E-state index in [-0.39, 0.29) is 11.3 Å². The maximum atomic E-state index is 12.5. The Hall–Kier alpha value is -2.16. The van der Waals surface area contributed by atoms with Crippen LogP contribution in [0.2, 0.25) is 0 Å². The summed E-state index contributed by atoms with van der Waals surface area (Å²) >= 11 is 1.65. The highest BCUT2D eigenvalue weighted by molar-refractivity contribution is 7.12. The van der Waals surface area contributed by atoms with Gasteiger partial charge in [0.2, 0.25) is 0 Å². The summed E-state index contributed by atoms with van der Waals surface area (Å²) in [6.07, 6.45) is 3.94. The van der Waals surface area contributed by atoms with Gasteiger partial charge in [-0.3, -0.25) is 4.79 Å². The normalized spacial score (nSPS) is 17.0. The Labute approximate surface area is 152 Å². The fourth-order valence-corrected chi connectivity index (χ4v) is 4.70. The lowest BCUT2D eigenvalue weighted by molar-refractivity contribution is 0.0943. The first-order valence-corrected chi connectivity index (χ1v) is 9.42. The predicted molar refractivity (Wildman–Crippen MR) is 98.6 cm³/mol. The number of carbonyl (C=O) groups is 1. The molecule has 1 aromatic heterocycles. The number of nitrogens with one attached hydrogen (secondary N) is 1. The van der Waals surface area contributed by atoms with Crippen LogP contribution in [0.1, 0.15) is 64.4 Å². The van der Waals surface area contributed by atoms with Crippen molar-refractivity contribution >= 4 is 17.2 Å². The summed E-state index contributed by atoms with van der Waals surface area (Å²) in [5, 5.41) is 21.8. The van der Waals surface area contributed by atoms with Crippen LogP contribution in [-0.4, -0.2) is 17.6 Å². The van der Waals surface area contributed by atoms with Gasteiger partial charge in [-0.1, -0.05) is 18.9 Å². The van der Waals surface area contributed by atoms with Crippen LogP contribution >= 0.6 is 11.3 Å². The number of nitrogens with zero attached hydrogens (tertiary/aromatic N) is 1. The molecule has 0 aliphatic heterocycles. The van der Waals surface area contributed by atoms with E-state index in [9.17, 15) is 9.90 Å². The summed E-state index contributed by atoms with van der Waals surface area (Å²) in [5.74, 6) is -0.143. The van der Waals surface area contributed by atoms with E-state index >= 15 is 0 Å². The van der Waals surface area contributed by atoms with E-state index in [4.69, 9.17) is 5.26 Å². The predicted octanol–water partition coefficient (Wildman–Crippen LogP) is 3.91. The third-order valence-electron chi connectivity index (χ3n) is 4.96. The zero-order valence-corrected chi connectivity index (χ0v) is 15.1. The van der Waals surface area contributed by atoms with Crippen molar-refractivity contribution in [3.05, 3.63) is 57.3 Å². The standard InChI is InChI=1S/C20H22N2O2S/c1-14(23)17-7-8-18(25-17)20(9-2-3-10-20)13-22-19(24)16-6-4-5-15(11-16)12-21/h4-8,11,14,23H,2-3,9-10,13H2,1H3,(H,22,24). The summed E-state index contributed by atoms with van der Waals surface area (Å²) < 4.78 is 0. The molecule has 5 heteroatoms. The third-order valence-corrected chi connectivity index (χ3v) is 6.46. The van der Waals surface area contributed by atoms with Crippen LogP contribution in [0.5, 0.6) is 0 Å². The molecular formula is C20H22N2O2S. The van der Waals surface area contributed by atoms with E-state index in [1.54, 1.807) is 42.5 Å². The largest absolute Gasteiger partial charge is 0.388 e. The van der Waals surface area contributed by atoms with Crippen molar-refractivity contribution in [2.75, 3.05) is 6.54 Å². The number of thiophene rings is 1. The summed E-state index contributed by atoms with van der Waals surface area (Å²) in [6, 6.07) is 12.9. The number of rotatable bonds is 5. The minimum Gasteiger partial charge on any atom is -0.388 e. The molecule has 0 bridgehead atoms. The molecule has 0 radical (unpaired) electrons. The van der Waals surface area contributed by atoms with Gasteiger partial charge in [-0.05, 0) is 50.1 Å². The van der Waals surface area contributed by atoms with Gasteiger partial charge in [-0.15, -0.1) is 11.3 Å². The highest BCUT2D eigenvalue weighted by Gasteiger charge is 2.37. The Balaban J connectivity index is 1.75. The first kappa shape index (κ1) is 17.7. The Bertz CT molecular complexity index is 798. The van der Waals surface area contributed by atoms with Crippen molar-refractivity contribution < 1.29 is 9.90 Å². The Kier molecular flexibility index (Phi) is 5.22. The first-order chi connectivity index (χ1) is 12.0. The summed E-state index contributed by atoms with van der Waals surface area (Å²) in [5.41, 5.74) is 0.964. The minimum atomic E-state index is -0.458. The average Bonchev–Trinajstić information content (AvgIpc) is 3.30. The van der Waals surface area contributed by atoms with Crippen molar-refractivity contribution in [1.29, 1.82) is 5.26 Å². The maximum Gasteiger partial charge on any atom is 0.251 e. The highest BCUT2D eigenvalue weighted by Crippen LogP contribution is 2.44. The molecule has 130 valence electrons. The van der Waals surface area contributed by atoms with E-state index in [1.807, 2.05) is 6.07 Å². The molecule has 1 aliphatic carbocycles. The zero-order valence-electron chi connectivity index (χ0n) is 14.3. The molecule has 0 saturated heterocycles. The molecule has 4 nitrogen and oxygen atoms in total. The number of benzene rings is 1. The number of aliphatic hydroxyl groups excluding tert-OH is 1. The number of hydrogen-bond donors (Lipinski definition) is 2. The second-order valence-corrected chi connectivity index (χ2v) is 7.86. The smallest absolute Gasteiger partial charge is 0.251 e. The van der Waals surface area contributed by atoms with E-state index in [0.29, 0.717) is 17.7 Å². The Morgan fingerprint density at radius 2 is 2.12 bits per heavy atom. The number of amides is 1. The SMILES string of the molecule is CC(O)c1ccc(C2(CNC(=O)c3cccc(C#N)c3)CCCC2)s1. The summed E-state index contributed by atoms with van der Waals surface area (Å²) in [6.45, 7) is 2.36. The fourth-order valence-electron chi connectivity index (χ4n) is 3.51. The van der Waals surface area contributed by atoms with Crippen molar-refractivity contribution in [3.8, 4) is 6.07 Å². The van der Waals surface area contributed by atoms with Gasteiger partial charge in [0.05, 0.1) is 17.7 Å². The van der Waals surface area contributed by atoms with Crippen LogP contribution in [-0.2, 0) is 5.41 Å². The van der Waals surface area contributed by atoms with Crippen molar-refractivity contribution in [2.24, 2.45) is 0 Å². The van der Waals surface area contributed by atoms with Gasteiger partial charge in [0, 0.05) is 27.3 Å². The van der Waals surface area contributed by atoms with Crippen LogP contribution in [0.25, 0.3) is 0 Å². The molecule has 1 aliphatic rings. The monoisotopic (exact) mass is 354 g/mol. The van der Waals surface area contributed by atoms with Crippen LogP contribution in [0.3, 0.4) is 0 Å². The molecule has 3 rings (SSSR count). The van der Waals surface area contributed by atoms with Gasteiger partial charge in [0.25, 0.3) is 5.91 Å². The molecule has 2 N–H and O–H groups in total. The second kappa shape index (κ2) is 7.38. The van der Waals surface area contributed by atoms with E-state index in [0.717, 1.165) is 30.6 Å². The van der Waals surface area contributed by atoms with E-state index in [2.05, 4.69) is 17.5 Å². The zero-order chi connectivity index (χ0) is 17.9. The molecule has 1 unspecified atom stereocenters. The lowest BCUT2D eigenvalue weighted by atomic mass is 9.84. The molecule has 0 spiro atoms. The fraction of sp³-hybridized carbons (Fsp3) is 0.400. The maximum absolute atomic E-state index is 12.5. The van der Waals surface area contributed by atoms with Gasteiger partial charge in [-0.2, -0.15) is 5.26 Å². The van der Waals surface area contributed by atoms with Crippen LogP contribution in [0, 0.1) is 11.3 Å². The minimum absolute atomic E-state index is 0.0414. The van der Waals surface area contributed by atoms with Crippen LogP contribution in [0.15, 0.2) is 36.4 Å². The lowest BCUT2D eigenvalue weighted by Gasteiger charge is -2.28. The number of aliphatic hydroxyl groups is 1. The van der Waals surface area contributed by atoms with Gasteiger partial charge in [-0.25, -0.2) is 0 Å². The van der Waals surface area contributed by atoms with Crippen molar-refractivity contribution in [1.82, 2.24) is 5.32 Å². The molecule has 1 amide bonds. The Morgan fingerprint density at radius 3 is 2.76 bits per heavy atom. The molecule has 1 atom stereocenters. The topological polar surface area (TPSA) is 73.1 Å². The molecule has 2 aromatic rings. The third kappa shape index (κ3) is 3.76. The average molecular weight is 354 g/mol. The first-order valence-electron chi connectivity index (χ1n) is 8.61.